The Bertz CT molecular complexity index is 794. The molecule has 0 N–H and O–H groups in total. The Kier molecular flexibility index (Phi) is 4.97. The van der Waals surface area contributed by atoms with E-state index in [2.05, 4.69) is 73.9 Å². The van der Waals surface area contributed by atoms with Crippen molar-refractivity contribution in [1.29, 1.82) is 0 Å². The van der Waals surface area contributed by atoms with E-state index in [9.17, 15) is 0 Å². The van der Waals surface area contributed by atoms with Crippen molar-refractivity contribution in [2.24, 2.45) is 5.92 Å². The van der Waals surface area contributed by atoms with Gasteiger partial charge in [-0.2, -0.15) is 0 Å². The van der Waals surface area contributed by atoms with Crippen LogP contribution in [0.5, 0.6) is 5.75 Å². The predicted octanol–water partition coefficient (Wildman–Crippen LogP) is 5.05. The summed E-state index contributed by atoms with van der Waals surface area (Å²) in [4.78, 5) is 0. The van der Waals surface area contributed by atoms with Crippen molar-refractivity contribution in [2.45, 2.75) is 6.92 Å². The summed E-state index contributed by atoms with van der Waals surface area (Å²) in [5.41, 5.74) is 1.30. The van der Waals surface area contributed by atoms with Crippen LogP contribution in [0.3, 0.4) is 0 Å². The molecule has 0 fully saturated rings. The van der Waals surface area contributed by atoms with E-state index >= 15 is 0 Å². The van der Waals surface area contributed by atoms with Crippen molar-refractivity contribution in [1.82, 2.24) is 0 Å². The van der Waals surface area contributed by atoms with Crippen LogP contribution in [0.4, 0.5) is 0 Å². The number of fused-ring (bicyclic) bond motifs is 3. The highest BCUT2D eigenvalue weighted by Crippen LogP contribution is 2.29. The van der Waals surface area contributed by atoms with Crippen LogP contribution in [0.25, 0.3) is 21.5 Å². The van der Waals surface area contributed by atoms with E-state index in [-0.39, 0.29) is 0 Å². The molecule has 2 unspecified atom stereocenters. The van der Waals surface area contributed by atoms with Crippen molar-refractivity contribution in [2.75, 3.05) is 18.9 Å². The van der Waals surface area contributed by atoms with Gasteiger partial charge in [-0.25, -0.2) is 0 Å². The molecule has 0 aliphatic rings. The molecule has 0 bridgehead atoms. The van der Waals surface area contributed by atoms with Crippen LogP contribution in [0, 0.1) is 12.8 Å². The Labute approximate surface area is 136 Å². The third kappa shape index (κ3) is 3.27. The van der Waals surface area contributed by atoms with Crippen molar-refractivity contribution in [3.05, 3.63) is 54.1 Å². The quantitative estimate of drug-likeness (QED) is 0.470. The van der Waals surface area contributed by atoms with Crippen LogP contribution in [0.1, 0.15) is 5.56 Å². The monoisotopic (exact) mass is 328 g/mol. The molecule has 3 aromatic rings. The smallest absolute Gasteiger partial charge is 0.119 e. The molecule has 0 heterocycles. The molecule has 114 valence electrons. The lowest BCUT2D eigenvalue weighted by molar-refractivity contribution is 0.276. The Morgan fingerprint density at radius 2 is 1.50 bits per heavy atom. The Hall–Kier alpha value is -1.16. The third-order valence-electron chi connectivity index (χ3n) is 4.12. The number of hydrogen-bond donors (Lipinski definition) is 0. The first-order chi connectivity index (χ1) is 10.7. The Balaban J connectivity index is 1.93. The maximum absolute atomic E-state index is 5.96. The second-order valence-electron chi connectivity index (χ2n) is 5.82. The van der Waals surface area contributed by atoms with Gasteiger partial charge in [0.05, 0.1) is 6.61 Å². The van der Waals surface area contributed by atoms with Gasteiger partial charge in [-0.05, 0) is 58.8 Å². The molecule has 3 rings (SSSR count). The van der Waals surface area contributed by atoms with Crippen molar-refractivity contribution >= 4 is 40.0 Å². The molecule has 0 aliphatic heterocycles. The minimum absolute atomic E-state index is 0.574. The standard InChI is InChI=1S/C19H22OP2/c1-13-2-6-18-15(8-13)3-4-16-9-17(5-7-19(16)18)20-10-14(11-21)12-22/h2-9,14H,10-12,21-22H2,1H3. The molecular formula is C19H22OP2. The highest BCUT2D eigenvalue weighted by atomic mass is 31.0. The van der Waals surface area contributed by atoms with E-state index < -0.39 is 0 Å². The lowest BCUT2D eigenvalue weighted by Gasteiger charge is -2.14. The van der Waals surface area contributed by atoms with Gasteiger partial charge >= 0.3 is 0 Å². The van der Waals surface area contributed by atoms with E-state index in [1.165, 1.54) is 27.1 Å². The highest BCUT2D eigenvalue weighted by molar-refractivity contribution is 7.17. The van der Waals surface area contributed by atoms with Crippen LogP contribution in [-0.4, -0.2) is 18.9 Å². The molecule has 1 nitrogen and oxygen atoms in total. The number of benzene rings is 3. The molecule has 0 saturated heterocycles. The summed E-state index contributed by atoms with van der Waals surface area (Å²) in [5.74, 6) is 1.53. The third-order valence-corrected chi connectivity index (χ3v) is 5.45. The minimum Gasteiger partial charge on any atom is -0.493 e. The largest absolute Gasteiger partial charge is 0.493 e. The van der Waals surface area contributed by atoms with Crippen LogP contribution in [0.2, 0.25) is 0 Å². The fraction of sp³-hybridized carbons (Fsp3) is 0.263. The summed E-state index contributed by atoms with van der Waals surface area (Å²) in [6.07, 6.45) is 2.14. The van der Waals surface area contributed by atoms with Gasteiger partial charge in [-0.15, -0.1) is 18.5 Å². The zero-order chi connectivity index (χ0) is 15.5. The molecule has 0 amide bonds. The highest BCUT2D eigenvalue weighted by Gasteiger charge is 2.06. The lowest BCUT2D eigenvalue weighted by atomic mass is 10.0. The molecule has 0 aliphatic carbocycles. The molecular weight excluding hydrogens is 306 g/mol. The van der Waals surface area contributed by atoms with Crippen LogP contribution in [-0.2, 0) is 0 Å². The predicted molar refractivity (Wildman–Crippen MR) is 104 cm³/mol. The van der Waals surface area contributed by atoms with Gasteiger partial charge < -0.3 is 4.74 Å². The fourth-order valence-corrected chi connectivity index (χ4v) is 3.75. The van der Waals surface area contributed by atoms with Crippen LogP contribution >= 0.6 is 18.5 Å². The second-order valence-corrected chi connectivity index (χ2v) is 6.76. The fourth-order valence-electron chi connectivity index (χ4n) is 2.71. The van der Waals surface area contributed by atoms with E-state index in [0.29, 0.717) is 5.92 Å². The molecule has 0 aromatic heterocycles. The van der Waals surface area contributed by atoms with Gasteiger partial charge in [0.25, 0.3) is 0 Å². The zero-order valence-corrected chi connectivity index (χ0v) is 15.2. The number of aryl methyl sites for hydroxylation is 1. The topological polar surface area (TPSA) is 9.23 Å². The van der Waals surface area contributed by atoms with E-state index in [0.717, 1.165) is 24.7 Å². The second kappa shape index (κ2) is 6.95. The van der Waals surface area contributed by atoms with Crippen LogP contribution < -0.4 is 4.74 Å². The Morgan fingerprint density at radius 1 is 0.864 bits per heavy atom. The van der Waals surface area contributed by atoms with Gasteiger partial charge in [0.15, 0.2) is 0 Å². The van der Waals surface area contributed by atoms with Crippen molar-refractivity contribution in [3.8, 4) is 5.75 Å². The average Bonchev–Trinajstić information content (AvgIpc) is 2.55. The van der Waals surface area contributed by atoms with E-state index in [1.54, 1.807) is 0 Å². The number of ether oxygens (including phenoxy) is 1. The first kappa shape index (κ1) is 15.7. The van der Waals surface area contributed by atoms with E-state index in [1.807, 2.05) is 0 Å². The summed E-state index contributed by atoms with van der Waals surface area (Å²) in [5, 5.41) is 5.13. The summed E-state index contributed by atoms with van der Waals surface area (Å²) >= 11 is 0. The van der Waals surface area contributed by atoms with Crippen molar-refractivity contribution < 1.29 is 4.74 Å². The van der Waals surface area contributed by atoms with E-state index in [4.69, 9.17) is 4.74 Å². The lowest BCUT2D eigenvalue weighted by Crippen LogP contribution is -2.14. The van der Waals surface area contributed by atoms with Gasteiger partial charge in [-0.1, -0.05) is 42.0 Å². The molecule has 0 radical (unpaired) electrons. The van der Waals surface area contributed by atoms with Gasteiger partial charge in [0.1, 0.15) is 5.75 Å². The Morgan fingerprint density at radius 3 is 2.18 bits per heavy atom. The maximum atomic E-state index is 5.96. The zero-order valence-electron chi connectivity index (χ0n) is 12.9. The molecule has 2 atom stereocenters. The van der Waals surface area contributed by atoms with Gasteiger partial charge in [-0.3, -0.25) is 0 Å². The SMILES string of the molecule is Cc1ccc2c(ccc3cc(OCC(CP)CP)ccc32)c1. The summed E-state index contributed by atoms with van der Waals surface area (Å²) in [7, 11) is 5.60. The first-order valence-corrected chi connectivity index (χ1v) is 9.30. The summed E-state index contributed by atoms with van der Waals surface area (Å²) < 4.78 is 5.96. The average molecular weight is 328 g/mol. The molecule has 0 spiro atoms. The molecule has 22 heavy (non-hydrogen) atoms. The normalized spacial score (nSPS) is 11.5. The molecule has 0 saturated carbocycles. The summed E-state index contributed by atoms with van der Waals surface area (Å²) in [6, 6.07) is 17.4. The first-order valence-electron chi connectivity index (χ1n) is 7.67. The van der Waals surface area contributed by atoms with Crippen LogP contribution in [0.15, 0.2) is 48.5 Å². The number of hydrogen-bond acceptors (Lipinski definition) is 1. The molecule has 3 aromatic carbocycles. The van der Waals surface area contributed by atoms with Gasteiger partial charge in [0.2, 0.25) is 0 Å². The minimum atomic E-state index is 0.574. The maximum Gasteiger partial charge on any atom is 0.119 e. The molecule has 3 heteroatoms. The number of rotatable bonds is 5. The summed E-state index contributed by atoms with van der Waals surface area (Å²) in [6.45, 7) is 2.90. The van der Waals surface area contributed by atoms with Crippen molar-refractivity contribution in [3.63, 3.8) is 0 Å². The van der Waals surface area contributed by atoms with Gasteiger partial charge in [0, 0.05) is 0 Å².